The van der Waals surface area contributed by atoms with Crippen molar-refractivity contribution in [3.63, 3.8) is 0 Å². The molecule has 1 atom stereocenters. The summed E-state index contributed by atoms with van der Waals surface area (Å²) < 4.78 is 5.75. The molecule has 1 aliphatic rings. The van der Waals surface area contributed by atoms with Crippen molar-refractivity contribution in [3.8, 4) is 0 Å². The van der Waals surface area contributed by atoms with Crippen LogP contribution in [0.25, 0.3) is 0 Å². The second kappa shape index (κ2) is 3.65. The van der Waals surface area contributed by atoms with E-state index in [1.54, 1.807) is 0 Å². The minimum atomic E-state index is -0.589. The Labute approximate surface area is 85.4 Å². The average molecular weight is 250 g/mol. The number of rotatable bonds is 1. The van der Waals surface area contributed by atoms with E-state index in [1.807, 2.05) is 20.8 Å². The Morgan fingerprint density at radius 2 is 2.31 bits per heavy atom. The number of carbonyl (C=O) groups excluding carboxylic acids is 1. The molecule has 1 aliphatic heterocycles. The van der Waals surface area contributed by atoms with E-state index in [1.165, 1.54) is 0 Å². The van der Waals surface area contributed by atoms with Gasteiger partial charge < -0.3 is 9.57 Å². The third kappa shape index (κ3) is 3.34. The molecule has 0 aromatic carbocycles. The SMILES string of the molecule is CC(C)(C)OC(=O)C1CC(Br)=NO1. The highest BCUT2D eigenvalue weighted by atomic mass is 79.9. The van der Waals surface area contributed by atoms with Crippen molar-refractivity contribution in [3.05, 3.63) is 0 Å². The fourth-order valence-electron chi connectivity index (χ4n) is 0.842. The van der Waals surface area contributed by atoms with E-state index in [-0.39, 0.29) is 5.97 Å². The topological polar surface area (TPSA) is 47.9 Å². The number of carbonyl (C=O) groups is 1. The van der Waals surface area contributed by atoms with E-state index in [0.717, 1.165) is 0 Å². The molecule has 0 amide bonds. The lowest BCUT2D eigenvalue weighted by atomic mass is 10.2. The predicted octanol–water partition coefficient (Wildman–Crippen LogP) is 1.83. The molecule has 1 heterocycles. The van der Waals surface area contributed by atoms with Crippen molar-refractivity contribution in [1.29, 1.82) is 0 Å². The zero-order chi connectivity index (χ0) is 10.1. The van der Waals surface area contributed by atoms with Crippen LogP contribution < -0.4 is 0 Å². The van der Waals surface area contributed by atoms with E-state index in [2.05, 4.69) is 21.1 Å². The molecule has 0 N–H and O–H groups in total. The van der Waals surface area contributed by atoms with Crippen LogP contribution in [0.2, 0.25) is 0 Å². The molecule has 0 aromatic heterocycles. The van der Waals surface area contributed by atoms with Gasteiger partial charge in [0.25, 0.3) is 0 Å². The van der Waals surface area contributed by atoms with Crippen molar-refractivity contribution in [2.45, 2.75) is 38.9 Å². The molecule has 0 radical (unpaired) electrons. The zero-order valence-corrected chi connectivity index (χ0v) is 9.42. The summed E-state index contributed by atoms with van der Waals surface area (Å²) in [6.45, 7) is 5.45. The van der Waals surface area contributed by atoms with Gasteiger partial charge in [0.2, 0.25) is 6.10 Å². The quantitative estimate of drug-likeness (QED) is 0.667. The van der Waals surface area contributed by atoms with Crippen LogP contribution in [0.4, 0.5) is 0 Å². The van der Waals surface area contributed by atoms with Gasteiger partial charge in [0, 0.05) is 0 Å². The van der Waals surface area contributed by atoms with Gasteiger partial charge in [0.1, 0.15) is 10.2 Å². The normalized spacial score (nSPS) is 22.2. The lowest BCUT2D eigenvalue weighted by Crippen LogP contribution is -2.31. The monoisotopic (exact) mass is 249 g/mol. The highest BCUT2D eigenvalue weighted by Gasteiger charge is 2.31. The molecule has 4 nitrogen and oxygen atoms in total. The molecule has 0 aliphatic carbocycles. The molecule has 0 aromatic rings. The van der Waals surface area contributed by atoms with Crippen LogP contribution >= 0.6 is 15.9 Å². The summed E-state index contributed by atoms with van der Waals surface area (Å²) >= 11 is 3.14. The van der Waals surface area contributed by atoms with Crippen molar-refractivity contribution < 1.29 is 14.4 Å². The molecule has 74 valence electrons. The van der Waals surface area contributed by atoms with Crippen molar-refractivity contribution >= 4 is 26.5 Å². The Hall–Kier alpha value is -0.580. The maximum Gasteiger partial charge on any atom is 0.351 e. The number of hydrogen-bond donors (Lipinski definition) is 0. The third-order valence-electron chi connectivity index (χ3n) is 1.30. The fourth-order valence-corrected chi connectivity index (χ4v) is 1.22. The first-order chi connectivity index (χ1) is 5.88. The highest BCUT2D eigenvalue weighted by Crippen LogP contribution is 2.18. The molecule has 0 fully saturated rings. The lowest BCUT2D eigenvalue weighted by Gasteiger charge is -2.20. The number of oxime groups is 1. The summed E-state index contributed by atoms with van der Waals surface area (Å²) in [5, 5.41) is 3.60. The molecule has 1 unspecified atom stereocenters. The van der Waals surface area contributed by atoms with Gasteiger partial charge in [0.05, 0.1) is 6.42 Å². The van der Waals surface area contributed by atoms with Crippen molar-refractivity contribution in [2.75, 3.05) is 0 Å². The second-order valence-electron chi connectivity index (χ2n) is 3.80. The van der Waals surface area contributed by atoms with Gasteiger partial charge in [-0.05, 0) is 36.7 Å². The molecular formula is C8H12BrNO3. The Morgan fingerprint density at radius 1 is 1.69 bits per heavy atom. The van der Waals surface area contributed by atoms with Crippen molar-refractivity contribution in [1.82, 2.24) is 0 Å². The standard InChI is InChI=1S/C8H12BrNO3/c1-8(2,3)12-7(11)5-4-6(9)10-13-5/h5H,4H2,1-3H3. The van der Waals surface area contributed by atoms with Gasteiger partial charge in [0.15, 0.2) is 0 Å². The maximum absolute atomic E-state index is 11.4. The summed E-state index contributed by atoms with van der Waals surface area (Å²) in [7, 11) is 0. The van der Waals surface area contributed by atoms with Gasteiger partial charge in [-0.1, -0.05) is 5.16 Å². The average Bonchev–Trinajstić information content (AvgIpc) is 2.31. The maximum atomic E-state index is 11.4. The van der Waals surface area contributed by atoms with Crippen LogP contribution in [0.15, 0.2) is 5.16 Å². The number of nitrogens with zero attached hydrogens (tertiary/aromatic N) is 1. The van der Waals surface area contributed by atoms with E-state index < -0.39 is 11.7 Å². The molecular weight excluding hydrogens is 238 g/mol. The fraction of sp³-hybridized carbons (Fsp3) is 0.750. The van der Waals surface area contributed by atoms with Gasteiger partial charge in [-0.2, -0.15) is 0 Å². The van der Waals surface area contributed by atoms with E-state index >= 15 is 0 Å². The molecule has 0 saturated carbocycles. The zero-order valence-electron chi connectivity index (χ0n) is 7.83. The largest absolute Gasteiger partial charge is 0.457 e. The van der Waals surface area contributed by atoms with Gasteiger partial charge >= 0.3 is 5.97 Å². The lowest BCUT2D eigenvalue weighted by molar-refractivity contribution is -0.166. The van der Waals surface area contributed by atoms with Crippen LogP contribution in [0.5, 0.6) is 0 Å². The van der Waals surface area contributed by atoms with E-state index in [0.29, 0.717) is 11.0 Å². The second-order valence-corrected chi connectivity index (χ2v) is 4.71. The molecule has 13 heavy (non-hydrogen) atoms. The first-order valence-electron chi connectivity index (χ1n) is 3.99. The van der Waals surface area contributed by atoms with Crippen LogP contribution in [0.1, 0.15) is 27.2 Å². The predicted molar refractivity (Wildman–Crippen MR) is 51.7 cm³/mol. The summed E-state index contributed by atoms with van der Waals surface area (Å²) in [4.78, 5) is 16.2. The molecule has 0 spiro atoms. The Bertz CT molecular complexity index is 244. The molecule has 0 saturated heterocycles. The van der Waals surface area contributed by atoms with Gasteiger partial charge in [-0.15, -0.1) is 0 Å². The summed E-state index contributed by atoms with van der Waals surface area (Å²) in [5.41, 5.74) is -0.477. The Kier molecular flexibility index (Phi) is 2.95. The third-order valence-corrected chi connectivity index (χ3v) is 1.77. The molecule has 1 rings (SSSR count). The van der Waals surface area contributed by atoms with Crippen LogP contribution in [-0.4, -0.2) is 22.3 Å². The smallest absolute Gasteiger partial charge is 0.351 e. The number of halogens is 1. The van der Waals surface area contributed by atoms with E-state index in [9.17, 15) is 4.79 Å². The number of esters is 1. The van der Waals surface area contributed by atoms with Crippen LogP contribution in [0.3, 0.4) is 0 Å². The summed E-state index contributed by atoms with van der Waals surface area (Å²) in [5.74, 6) is -0.370. The Morgan fingerprint density at radius 3 is 2.69 bits per heavy atom. The summed E-state index contributed by atoms with van der Waals surface area (Å²) in [6.07, 6.45) is -0.136. The Balaban J connectivity index is 2.43. The highest BCUT2D eigenvalue weighted by molar-refractivity contribution is 9.18. The van der Waals surface area contributed by atoms with E-state index in [4.69, 9.17) is 9.57 Å². The van der Waals surface area contributed by atoms with Gasteiger partial charge in [-0.3, -0.25) is 0 Å². The first kappa shape index (κ1) is 10.5. The van der Waals surface area contributed by atoms with Crippen LogP contribution in [0, 0.1) is 0 Å². The van der Waals surface area contributed by atoms with Crippen molar-refractivity contribution in [2.24, 2.45) is 5.16 Å². The summed E-state index contributed by atoms with van der Waals surface area (Å²) in [6, 6.07) is 0. The molecule has 0 bridgehead atoms. The number of hydrogen-bond acceptors (Lipinski definition) is 4. The van der Waals surface area contributed by atoms with Crippen LogP contribution in [-0.2, 0) is 14.4 Å². The first-order valence-corrected chi connectivity index (χ1v) is 4.79. The van der Waals surface area contributed by atoms with Gasteiger partial charge in [-0.25, -0.2) is 4.79 Å². The number of ether oxygens (including phenoxy) is 1. The minimum absolute atomic E-state index is 0.370. The molecule has 5 heteroatoms. The minimum Gasteiger partial charge on any atom is -0.457 e.